The molecule has 1 rings (SSSR count). The summed E-state index contributed by atoms with van der Waals surface area (Å²) in [6.07, 6.45) is 8.75. The monoisotopic (exact) mass is 530 g/mol. The zero-order valence-electron chi connectivity index (χ0n) is 23.3. The quantitative estimate of drug-likeness (QED) is 0.135. The lowest BCUT2D eigenvalue weighted by molar-refractivity contribution is -0.137. The summed E-state index contributed by atoms with van der Waals surface area (Å²) < 4.78 is 37.5. The van der Waals surface area contributed by atoms with Gasteiger partial charge in [-0.2, -0.15) is 0 Å². The van der Waals surface area contributed by atoms with Gasteiger partial charge in [-0.15, -0.1) is 0 Å². The predicted molar refractivity (Wildman–Crippen MR) is 144 cm³/mol. The normalized spacial score (nSPS) is 24.1. The molecule has 0 aromatic carbocycles. The third kappa shape index (κ3) is 7.25. The van der Waals surface area contributed by atoms with Crippen LogP contribution < -0.4 is 0 Å². The van der Waals surface area contributed by atoms with Gasteiger partial charge in [0.05, 0.1) is 13.7 Å². The number of ether oxygens (including phenoxy) is 4. The highest BCUT2D eigenvalue weighted by atomic mass is 28.5. The molecule has 0 spiro atoms. The summed E-state index contributed by atoms with van der Waals surface area (Å²) in [6.45, 7) is 19.3. The summed E-state index contributed by atoms with van der Waals surface area (Å²) >= 11 is 0. The molecule has 0 bridgehead atoms. The van der Waals surface area contributed by atoms with Crippen LogP contribution >= 0.6 is 0 Å². The second-order valence-electron chi connectivity index (χ2n) is 10.8. The highest BCUT2D eigenvalue weighted by Gasteiger charge is 2.70. The Labute approximate surface area is 210 Å². The van der Waals surface area contributed by atoms with Crippen molar-refractivity contribution in [2.24, 2.45) is 0 Å². The molecule has 196 valence electrons. The number of allylic oxidation sites excluding steroid dienone is 3. The Bertz CT molecular complexity index is 779. The summed E-state index contributed by atoms with van der Waals surface area (Å²) in [6, 6.07) is 0. The smallest absolute Gasteiger partial charge is 0.359 e. The molecule has 10 heteroatoms. The van der Waals surface area contributed by atoms with E-state index >= 15 is 0 Å². The summed E-state index contributed by atoms with van der Waals surface area (Å²) in [5, 5.41) is -1.12. The van der Waals surface area contributed by atoms with Crippen LogP contribution in [0, 0.1) is 0 Å². The first kappa shape index (κ1) is 31.0. The van der Waals surface area contributed by atoms with Gasteiger partial charge >= 0.3 is 14.5 Å². The molecule has 0 aromatic rings. The van der Waals surface area contributed by atoms with Crippen molar-refractivity contribution >= 4 is 31.2 Å². The third-order valence-electron chi connectivity index (χ3n) is 5.53. The molecule has 0 amide bonds. The predicted octanol–water partition coefficient (Wildman–Crippen LogP) is 5.46. The molecule has 0 fully saturated rings. The molecule has 0 saturated heterocycles. The lowest BCUT2D eigenvalue weighted by Crippen LogP contribution is -2.76. The lowest BCUT2D eigenvalue weighted by atomic mass is 9.87. The van der Waals surface area contributed by atoms with Crippen molar-refractivity contribution in [3.05, 3.63) is 35.6 Å². The lowest BCUT2D eigenvalue weighted by Gasteiger charge is -2.56. The Hall–Kier alpha value is -1.02. The summed E-state index contributed by atoms with van der Waals surface area (Å²) in [5.41, 5.74) is -0.243. The number of carbonyl (C=O) groups is 1. The van der Waals surface area contributed by atoms with Gasteiger partial charge in [-0.1, -0.05) is 13.3 Å². The van der Waals surface area contributed by atoms with Gasteiger partial charge in [0.15, 0.2) is 21.9 Å². The molecule has 2 atom stereocenters. The van der Waals surface area contributed by atoms with Gasteiger partial charge in [0.2, 0.25) is 0 Å². The zero-order valence-corrected chi connectivity index (χ0v) is 26.3. The molecule has 1 aliphatic carbocycles. The van der Waals surface area contributed by atoms with E-state index in [9.17, 15) is 4.79 Å². The molecule has 0 N–H and O–H groups in total. The molecule has 0 heterocycles. The first-order valence-electron chi connectivity index (χ1n) is 11.9. The van der Waals surface area contributed by atoms with Gasteiger partial charge in [0, 0.05) is 20.3 Å². The Kier molecular flexibility index (Phi) is 10.8. The molecule has 0 aliphatic heterocycles. The van der Waals surface area contributed by atoms with Gasteiger partial charge in [-0.05, 0) is 83.0 Å². The molecular formula is C24H46O7Si3. The Morgan fingerprint density at radius 2 is 1.53 bits per heavy atom. The summed E-state index contributed by atoms with van der Waals surface area (Å²) in [7, 11) is -2.44. The molecular weight excluding hydrogens is 485 g/mol. The number of unbranched alkanes of at least 4 members (excludes halogenated alkanes) is 1. The average molecular weight is 531 g/mol. The largest absolute Gasteiger partial charge is 0.498 e. The Morgan fingerprint density at radius 1 is 0.971 bits per heavy atom. The zero-order chi connectivity index (χ0) is 26.4. The molecule has 0 aromatic heterocycles. The molecule has 0 saturated carbocycles. The van der Waals surface area contributed by atoms with Crippen molar-refractivity contribution in [1.82, 2.24) is 0 Å². The minimum atomic E-state index is -3.18. The fourth-order valence-electron chi connectivity index (χ4n) is 4.49. The van der Waals surface area contributed by atoms with Crippen LogP contribution in [0.15, 0.2) is 35.6 Å². The SMILES string of the molecule is CCCCOC(=O)C=CC1=CC(C)(OC)C(OC)([Si](C)(O[Si](C)(C)C)O[Si](C)(C)C)C(OC)=C1. The molecule has 7 nitrogen and oxygen atoms in total. The molecule has 34 heavy (non-hydrogen) atoms. The summed E-state index contributed by atoms with van der Waals surface area (Å²) in [5.74, 6) is 0.166. The van der Waals surface area contributed by atoms with E-state index in [2.05, 4.69) is 52.8 Å². The third-order valence-corrected chi connectivity index (χ3v) is 15.8. The van der Waals surface area contributed by atoms with Gasteiger partial charge in [0.1, 0.15) is 11.4 Å². The van der Waals surface area contributed by atoms with Gasteiger partial charge in [-0.25, -0.2) is 4.79 Å². The van der Waals surface area contributed by atoms with Gasteiger partial charge in [-0.3, -0.25) is 0 Å². The van der Waals surface area contributed by atoms with Crippen molar-refractivity contribution in [3.8, 4) is 0 Å². The van der Waals surface area contributed by atoms with Crippen LogP contribution in [0.4, 0.5) is 0 Å². The highest BCUT2D eigenvalue weighted by molar-refractivity contribution is 6.89. The second-order valence-corrected chi connectivity index (χ2v) is 23.5. The number of hydrogen-bond donors (Lipinski definition) is 0. The maximum atomic E-state index is 12.1. The van der Waals surface area contributed by atoms with Gasteiger partial charge < -0.3 is 27.2 Å². The molecule has 0 radical (unpaired) electrons. The number of rotatable bonds is 13. The van der Waals surface area contributed by atoms with Crippen molar-refractivity contribution < 1.29 is 32.0 Å². The summed E-state index contributed by atoms with van der Waals surface area (Å²) in [4.78, 5) is 12.1. The first-order valence-corrected chi connectivity index (χ1v) is 21.0. The van der Waals surface area contributed by atoms with Crippen LogP contribution in [0.2, 0.25) is 45.8 Å². The maximum absolute atomic E-state index is 12.1. The van der Waals surface area contributed by atoms with Crippen LogP contribution in [0.1, 0.15) is 26.7 Å². The Balaban J connectivity index is 3.65. The fraction of sp³-hybridized carbons (Fsp3) is 0.708. The van der Waals surface area contributed by atoms with E-state index in [0.717, 1.165) is 18.4 Å². The van der Waals surface area contributed by atoms with Crippen molar-refractivity contribution in [3.63, 3.8) is 0 Å². The van der Waals surface area contributed by atoms with Crippen LogP contribution in [-0.4, -0.2) is 69.9 Å². The topological polar surface area (TPSA) is 72.5 Å². The first-order chi connectivity index (χ1) is 15.5. The fourth-order valence-corrected chi connectivity index (χ4v) is 17.6. The second kappa shape index (κ2) is 11.8. The average Bonchev–Trinajstić information content (AvgIpc) is 2.69. The van der Waals surface area contributed by atoms with E-state index in [1.165, 1.54) is 6.08 Å². The van der Waals surface area contributed by atoms with E-state index in [1.54, 1.807) is 27.4 Å². The maximum Gasteiger partial charge on any atom is 0.359 e. The number of carbonyl (C=O) groups excluding carboxylic acids is 1. The number of hydrogen-bond acceptors (Lipinski definition) is 7. The van der Waals surface area contributed by atoms with Gasteiger partial charge in [0.25, 0.3) is 0 Å². The van der Waals surface area contributed by atoms with E-state index in [0.29, 0.717) is 12.4 Å². The van der Waals surface area contributed by atoms with E-state index in [1.807, 2.05) is 19.1 Å². The minimum Gasteiger partial charge on any atom is -0.498 e. The highest BCUT2D eigenvalue weighted by Crippen LogP contribution is 2.49. The van der Waals surface area contributed by atoms with E-state index in [-0.39, 0.29) is 5.97 Å². The van der Waals surface area contributed by atoms with Crippen molar-refractivity contribution in [2.45, 2.75) is 83.3 Å². The number of methoxy groups -OCH3 is 3. The van der Waals surface area contributed by atoms with E-state index in [4.69, 9.17) is 27.2 Å². The van der Waals surface area contributed by atoms with Crippen LogP contribution in [0.25, 0.3) is 0 Å². The van der Waals surface area contributed by atoms with Crippen LogP contribution in [-0.2, 0) is 32.0 Å². The molecule has 1 aliphatic rings. The van der Waals surface area contributed by atoms with Crippen molar-refractivity contribution in [1.29, 1.82) is 0 Å². The van der Waals surface area contributed by atoms with Crippen LogP contribution in [0.3, 0.4) is 0 Å². The van der Waals surface area contributed by atoms with Crippen molar-refractivity contribution in [2.75, 3.05) is 27.9 Å². The van der Waals surface area contributed by atoms with E-state index < -0.39 is 36.0 Å². The Morgan fingerprint density at radius 3 is 1.94 bits per heavy atom. The standard InChI is InChI=1S/C24H46O7Si3/c1-13-14-17-29-22(25)16-15-20-18-21(26-3)24(28-5,23(2,19-20)27-4)34(12,30-32(6,7)8)31-33(9,10)11/h15-16,18-19H,13-14,17H2,1-12H3. The molecule has 2 unspecified atom stereocenters. The van der Waals surface area contributed by atoms with Crippen LogP contribution in [0.5, 0.6) is 0 Å². The number of esters is 1. The minimum absolute atomic E-state index is 0.382.